The highest BCUT2D eigenvalue weighted by atomic mass is 16.5. The maximum absolute atomic E-state index is 4.70. The molecule has 0 radical (unpaired) electrons. The van der Waals surface area contributed by atoms with Gasteiger partial charge in [-0.05, 0) is 6.42 Å². The maximum Gasteiger partial charge on any atom is 0.159 e. The molecule has 0 spiro atoms. The number of imidazole rings is 1. The van der Waals surface area contributed by atoms with Crippen molar-refractivity contribution in [3.63, 3.8) is 0 Å². The fourth-order valence-corrected chi connectivity index (χ4v) is 1.00. The number of aromatic amines is 1. The molecule has 0 aromatic carbocycles. The Morgan fingerprint density at radius 1 is 1.58 bits per heavy atom. The number of H-pyrrole nitrogens is 1. The third-order valence-corrected chi connectivity index (χ3v) is 1.69. The molecular weight excluding hydrogens is 154 g/mol. The van der Waals surface area contributed by atoms with E-state index in [2.05, 4.69) is 22.0 Å². The minimum atomic E-state index is 0.745. The van der Waals surface area contributed by atoms with Gasteiger partial charge in [0.2, 0.25) is 0 Å². The first-order valence-electron chi connectivity index (χ1n) is 3.85. The number of hydrogen-bond acceptors (Lipinski definition) is 3. The fraction of sp³-hybridized carbons (Fsp3) is 0.250. The van der Waals surface area contributed by atoms with Crippen molar-refractivity contribution >= 4 is 0 Å². The van der Waals surface area contributed by atoms with Crippen LogP contribution in [0.5, 0.6) is 0 Å². The average molecular weight is 163 g/mol. The zero-order chi connectivity index (χ0) is 8.39. The molecule has 1 N–H and O–H groups in total. The normalized spacial score (nSPS) is 10.4. The summed E-state index contributed by atoms with van der Waals surface area (Å²) in [6.45, 7) is 2.07. The zero-order valence-corrected chi connectivity index (χ0v) is 6.74. The molecule has 2 rings (SSSR count). The second kappa shape index (κ2) is 2.81. The van der Waals surface area contributed by atoms with Crippen molar-refractivity contribution in [3.8, 4) is 11.5 Å². The molecule has 2 heterocycles. The molecule has 0 bridgehead atoms. The quantitative estimate of drug-likeness (QED) is 0.732. The van der Waals surface area contributed by atoms with Crippen LogP contribution in [0.1, 0.15) is 12.6 Å². The van der Waals surface area contributed by atoms with Gasteiger partial charge < -0.3 is 9.51 Å². The highest BCUT2D eigenvalue weighted by Gasteiger charge is 2.04. The maximum atomic E-state index is 4.70. The van der Waals surface area contributed by atoms with Crippen molar-refractivity contribution in [1.82, 2.24) is 15.1 Å². The van der Waals surface area contributed by atoms with Crippen LogP contribution in [0.25, 0.3) is 11.5 Å². The van der Waals surface area contributed by atoms with Gasteiger partial charge in [-0.15, -0.1) is 0 Å². The van der Waals surface area contributed by atoms with Gasteiger partial charge >= 0.3 is 0 Å². The van der Waals surface area contributed by atoms with E-state index in [1.807, 2.05) is 6.20 Å². The number of aryl methyl sites for hydroxylation is 1. The van der Waals surface area contributed by atoms with Crippen molar-refractivity contribution in [2.24, 2.45) is 0 Å². The fourth-order valence-electron chi connectivity index (χ4n) is 1.00. The van der Waals surface area contributed by atoms with E-state index in [4.69, 9.17) is 4.52 Å². The molecule has 0 unspecified atom stereocenters. The standard InChI is InChI=1S/C8H9N3O/c1-2-6-5-9-8(10-6)7-3-4-12-11-7/h3-5H,2H2,1H3,(H,9,10). The number of rotatable bonds is 2. The number of hydrogen-bond donors (Lipinski definition) is 1. The molecule has 2 aromatic rings. The van der Waals surface area contributed by atoms with Crippen molar-refractivity contribution in [2.75, 3.05) is 0 Å². The van der Waals surface area contributed by atoms with Gasteiger partial charge in [-0.2, -0.15) is 0 Å². The molecule has 0 atom stereocenters. The van der Waals surface area contributed by atoms with E-state index in [1.165, 1.54) is 6.26 Å². The molecule has 0 saturated heterocycles. The van der Waals surface area contributed by atoms with Crippen LogP contribution in [0, 0.1) is 0 Å². The summed E-state index contributed by atoms with van der Waals surface area (Å²) in [5.74, 6) is 0.764. The summed E-state index contributed by atoms with van der Waals surface area (Å²) in [6, 6.07) is 1.78. The SMILES string of the molecule is CCc1cnc(-c2ccon2)[nH]1. The van der Waals surface area contributed by atoms with Crippen molar-refractivity contribution in [2.45, 2.75) is 13.3 Å². The van der Waals surface area contributed by atoms with Gasteiger partial charge in [0.25, 0.3) is 0 Å². The topological polar surface area (TPSA) is 54.7 Å². The largest absolute Gasteiger partial charge is 0.364 e. The van der Waals surface area contributed by atoms with Gasteiger partial charge in [0.1, 0.15) is 12.0 Å². The van der Waals surface area contributed by atoms with E-state index in [1.54, 1.807) is 6.07 Å². The summed E-state index contributed by atoms with van der Waals surface area (Å²) < 4.78 is 4.70. The molecule has 4 nitrogen and oxygen atoms in total. The lowest BCUT2D eigenvalue weighted by molar-refractivity contribution is 0.422. The lowest BCUT2D eigenvalue weighted by Crippen LogP contribution is -1.81. The lowest BCUT2D eigenvalue weighted by Gasteiger charge is -1.86. The Morgan fingerprint density at radius 3 is 3.08 bits per heavy atom. The third kappa shape index (κ3) is 1.11. The monoisotopic (exact) mass is 163 g/mol. The van der Waals surface area contributed by atoms with E-state index in [-0.39, 0.29) is 0 Å². The number of nitrogens with zero attached hydrogens (tertiary/aromatic N) is 2. The Hall–Kier alpha value is -1.58. The van der Waals surface area contributed by atoms with Gasteiger partial charge in [0.15, 0.2) is 5.82 Å². The minimum Gasteiger partial charge on any atom is -0.364 e. The van der Waals surface area contributed by atoms with Crippen molar-refractivity contribution in [3.05, 3.63) is 24.2 Å². The van der Waals surface area contributed by atoms with Crippen LogP contribution in [-0.2, 0) is 6.42 Å². The van der Waals surface area contributed by atoms with E-state index >= 15 is 0 Å². The van der Waals surface area contributed by atoms with Crippen LogP contribution < -0.4 is 0 Å². The predicted molar refractivity (Wildman–Crippen MR) is 43.5 cm³/mol. The first-order valence-corrected chi connectivity index (χ1v) is 3.85. The molecule has 0 aliphatic carbocycles. The van der Waals surface area contributed by atoms with Crippen LogP contribution in [0.2, 0.25) is 0 Å². The van der Waals surface area contributed by atoms with Gasteiger partial charge in [0.05, 0.1) is 0 Å². The summed E-state index contributed by atoms with van der Waals surface area (Å²) in [5.41, 5.74) is 1.85. The van der Waals surface area contributed by atoms with Gasteiger partial charge in [0, 0.05) is 18.0 Å². The Bertz CT molecular complexity index is 350. The molecule has 0 amide bonds. The summed E-state index contributed by atoms with van der Waals surface area (Å²) in [4.78, 5) is 7.28. The van der Waals surface area contributed by atoms with E-state index in [9.17, 15) is 0 Å². The highest BCUT2D eigenvalue weighted by molar-refractivity contribution is 5.47. The van der Waals surface area contributed by atoms with Gasteiger partial charge in [-0.3, -0.25) is 0 Å². The second-order valence-electron chi connectivity index (χ2n) is 2.50. The van der Waals surface area contributed by atoms with Gasteiger partial charge in [-0.25, -0.2) is 4.98 Å². The molecule has 2 aromatic heterocycles. The second-order valence-corrected chi connectivity index (χ2v) is 2.50. The Morgan fingerprint density at radius 2 is 2.50 bits per heavy atom. The van der Waals surface area contributed by atoms with E-state index in [0.29, 0.717) is 0 Å². The van der Waals surface area contributed by atoms with Crippen LogP contribution in [0.4, 0.5) is 0 Å². The van der Waals surface area contributed by atoms with Crippen molar-refractivity contribution < 1.29 is 4.52 Å². The molecule has 4 heteroatoms. The molecule has 0 saturated carbocycles. The van der Waals surface area contributed by atoms with Gasteiger partial charge in [-0.1, -0.05) is 12.1 Å². The Kier molecular flexibility index (Phi) is 1.66. The summed E-state index contributed by atoms with van der Waals surface area (Å²) in [6.07, 6.45) is 4.29. The van der Waals surface area contributed by atoms with E-state index in [0.717, 1.165) is 23.6 Å². The highest BCUT2D eigenvalue weighted by Crippen LogP contribution is 2.12. The van der Waals surface area contributed by atoms with Crippen LogP contribution in [0.3, 0.4) is 0 Å². The minimum absolute atomic E-state index is 0.745. The third-order valence-electron chi connectivity index (χ3n) is 1.69. The van der Waals surface area contributed by atoms with Crippen LogP contribution in [0.15, 0.2) is 23.0 Å². The molecule has 12 heavy (non-hydrogen) atoms. The molecule has 0 aliphatic heterocycles. The molecule has 62 valence electrons. The molecule has 0 aliphatic rings. The molecule has 0 fully saturated rings. The predicted octanol–water partition coefficient (Wildman–Crippen LogP) is 1.63. The Balaban J connectivity index is 2.35. The summed E-state index contributed by atoms with van der Waals surface area (Å²) in [7, 11) is 0. The lowest BCUT2D eigenvalue weighted by atomic mass is 10.4. The zero-order valence-electron chi connectivity index (χ0n) is 6.74. The molecular formula is C8H9N3O. The first-order chi connectivity index (χ1) is 5.90. The number of aromatic nitrogens is 3. The summed E-state index contributed by atoms with van der Waals surface area (Å²) in [5, 5.41) is 3.77. The average Bonchev–Trinajstić information content (AvgIpc) is 2.75. The Labute approximate surface area is 69.6 Å². The number of nitrogens with one attached hydrogen (secondary N) is 1. The van der Waals surface area contributed by atoms with Crippen LogP contribution >= 0.6 is 0 Å². The van der Waals surface area contributed by atoms with Crippen LogP contribution in [-0.4, -0.2) is 15.1 Å². The van der Waals surface area contributed by atoms with E-state index < -0.39 is 0 Å². The van der Waals surface area contributed by atoms with Crippen molar-refractivity contribution in [1.29, 1.82) is 0 Å². The first kappa shape index (κ1) is 7.09. The summed E-state index contributed by atoms with van der Waals surface area (Å²) >= 11 is 0. The smallest absolute Gasteiger partial charge is 0.159 e.